The molecule has 0 saturated carbocycles. The number of benzene rings is 1. The van der Waals surface area contributed by atoms with Crippen molar-refractivity contribution < 1.29 is 19.4 Å². The first-order valence-corrected chi connectivity index (χ1v) is 5.04. The van der Waals surface area contributed by atoms with Gasteiger partial charge in [-0.1, -0.05) is 30.0 Å². The zero-order valence-corrected chi connectivity index (χ0v) is 9.77. The molecule has 0 aliphatic heterocycles. The molecule has 0 aliphatic rings. The first-order valence-electron chi connectivity index (χ1n) is 5.04. The minimum atomic E-state index is -0.940. The highest BCUT2D eigenvalue weighted by molar-refractivity contribution is 5.70. The third-order valence-corrected chi connectivity index (χ3v) is 2.11. The van der Waals surface area contributed by atoms with Gasteiger partial charge in [-0.05, 0) is 6.07 Å². The highest BCUT2D eigenvalue weighted by Crippen LogP contribution is 2.20. The highest BCUT2D eigenvalue weighted by Gasteiger charge is 2.11. The van der Waals surface area contributed by atoms with E-state index in [1.165, 1.54) is 14.2 Å². The summed E-state index contributed by atoms with van der Waals surface area (Å²) in [5, 5.41) is 8.51. The van der Waals surface area contributed by atoms with Crippen LogP contribution in [0.4, 0.5) is 0 Å². The van der Waals surface area contributed by atoms with Gasteiger partial charge in [0, 0.05) is 25.3 Å². The van der Waals surface area contributed by atoms with Gasteiger partial charge in [0.25, 0.3) is 0 Å². The summed E-state index contributed by atoms with van der Waals surface area (Å²) < 4.78 is 10.3. The first kappa shape index (κ1) is 13.2. The average Bonchev–Trinajstić information content (AvgIpc) is 2.32. The quantitative estimate of drug-likeness (QED) is 0.637. The van der Waals surface area contributed by atoms with Crippen LogP contribution in [0.5, 0.6) is 0 Å². The van der Waals surface area contributed by atoms with Gasteiger partial charge in [0.05, 0.1) is 0 Å². The van der Waals surface area contributed by atoms with E-state index in [4.69, 9.17) is 14.6 Å². The molecule has 0 saturated heterocycles. The van der Waals surface area contributed by atoms with Crippen molar-refractivity contribution in [3.63, 3.8) is 0 Å². The molecule has 1 aromatic carbocycles. The largest absolute Gasteiger partial charge is 0.481 e. The number of ether oxygens (including phenoxy) is 2. The number of hydrogen-bond acceptors (Lipinski definition) is 3. The van der Waals surface area contributed by atoms with Crippen LogP contribution in [0.2, 0.25) is 0 Å². The molecule has 17 heavy (non-hydrogen) atoms. The molecule has 0 heterocycles. The van der Waals surface area contributed by atoms with E-state index in [2.05, 4.69) is 11.8 Å². The Morgan fingerprint density at radius 1 is 1.35 bits per heavy atom. The van der Waals surface area contributed by atoms with Gasteiger partial charge in [0.15, 0.2) is 6.29 Å². The number of hydrogen-bond donors (Lipinski definition) is 1. The van der Waals surface area contributed by atoms with E-state index < -0.39 is 12.3 Å². The molecule has 0 atom stereocenters. The van der Waals surface area contributed by atoms with Crippen LogP contribution >= 0.6 is 0 Å². The summed E-state index contributed by atoms with van der Waals surface area (Å²) in [7, 11) is 3.07. The maximum atomic E-state index is 10.4. The smallest absolute Gasteiger partial charge is 0.315 e. The molecule has 0 bridgehead atoms. The fourth-order valence-electron chi connectivity index (χ4n) is 1.38. The van der Waals surface area contributed by atoms with E-state index >= 15 is 0 Å². The van der Waals surface area contributed by atoms with Gasteiger partial charge in [-0.25, -0.2) is 0 Å². The Morgan fingerprint density at radius 3 is 2.59 bits per heavy atom. The summed E-state index contributed by atoms with van der Waals surface area (Å²) in [5.74, 6) is 4.45. The van der Waals surface area contributed by atoms with E-state index in [1.54, 1.807) is 6.07 Å². The maximum Gasteiger partial charge on any atom is 0.315 e. The first-order chi connectivity index (χ1) is 8.19. The highest BCUT2D eigenvalue weighted by atomic mass is 16.7. The lowest BCUT2D eigenvalue weighted by Gasteiger charge is -2.14. The lowest BCUT2D eigenvalue weighted by molar-refractivity contribution is -0.135. The Hall–Kier alpha value is -1.83. The molecule has 1 rings (SSSR count). The molecule has 4 heteroatoms. The molecule has 90 valence electrons. The van der Waals surface area contributed by atoms with Crippen LogP contribution in [0.25, 0.3) is 0 Å². The Balaban J connectivity index is 2.97. The van der Waals surface area contributed by atoms with Crippen molar-refractivity contribution in [3.05, 3.63) is 35.4 Å². The minimum absolute atomic E-state index is 0.182. The second kappa shape index (κ2) is 6.69. The molecule has 4 nitrogen and oxygen atoms in total. The molecule has 0 fully saturated rings. The summed E-state index contributed by atoms with van der Waals surface area (Å²) in [6.07, 6.45) is -0.677. The van der Waals surface area contributed by atoms with Crippen molar-refractivity contribution in [3.8, 4) is 11.8 Å². The lowest BCUT2D eigenvalue weighted by Crippen LogP contribution is -2.05. The van der Waals surface area contributed by atoms with Crippen molar-refractivity contribution in [1.29, 1.82) is 0 Å². The van der Waals surface area contributed by atoms with Crippen LogP contribution < -0.4 is 0 Å². The summed E-state index contributed by atoms with van der Waals surface area (Å²) in [4.78, 5) is 10.4. The van der Waals surface area contributed by atoms with Gasteiger partial charge < -0.3 is 14.6 Å². The molecular weight excluding hydrogens is 220 g/mol. The van der Waals surface area contributed by atoms with Crippen LogP contribution in [0.15, 0.2) is 24.3 Å². The van der Waals surface area contributed by atoms with Gasteiger partial charge >= 0.3 is 5.97 Å². The molecule has 0 aromatic heterocycles. The fraction of sp³-hybridized carbons (Fsp3) is 0.308. The zero-order valence-electron chi connectivity index (χ0n) is 9.77. The summed E-state index contributed by atoms with van der Waals surface area (Å²) in [5.41, 5.74) is 1.50. The molecule has 0 aliphatic carbocycles. The van der Waals surface area contributed by atoms with E-state index in [0.29, 0.717) is 5.56 Å². The average molecular weight is 234 g/mol. The third-order valence-electron chi connectivity index (χ3n) is 2.11. The van der Waals surface area contributed by atoms with Gasteiger partial charge in [0.2, 0.25) is 0 Å². The number of aliphatic carboxylic acids is 1. The Bertz CT molecular complexity index is 438. The second-order valence-corrected chi connectivity index (χ2v) is 3.26. The Labute approximate surface area is 100 Å². The monoisotopic (exact) mass is 234 g/mol. The Morgan fingerprint density at radius 2 is 2.00 bits per heavy atom. The molecular formula is C13H14O4. The zero-order chi connectivity index (χ0) is 12.7. The lowest BCUT2D eigenvalue weighted by atomic mass is 10.1. The molecule has 1 aromatic rings. The standard InChI is InChI=1S/C13H14O4/c1-16-13(17-2)11-8-4-3-6-10(11)7-5-9-12(14)15/h3-4,6,8,13H,9H2,1-2H3,(H,14,15). The summed E-state index contributed by atoms with van der Waals surface area (Å²) in [6, 6.07) is 7.32. The molecule has 1 N–H and O–H groups in total. The number of carboxylic acid groups (broad SMARTS) is 1. The number of methoxy groups -OCH3 is 2. The second-order valence-electron chi connectivity index (χ2n) is 3.26. The van der Waals surface area contributed by atoms with Gasteiger partial charge in [-0.3, -0.25) is 4.79 Å². The van der Waals surface area contributed by atoms with Crippen molar-refractivity contribution >= 4 is 5.97 Å². The van der Waals surface area contributed by atoms with Crippen LogP contribution in [0, 0.1) is 11.8 Å². The summed E-state index contributed by atoms with van der Waals surface area (Å²) >= 11 is 0. The van der Waals surface area contributed by atoms with Gasteiger partial charge in [0.1, 0.15) is 6.42 Å². The number of carbonyl (C=O) groups is 1. The van der Waals surface area contributed by atoms with E-state index in [1.807, 2.05) is 18.2 Å². The van der Waals surface area contributed by atoms with Gasteiger partial charge in [-0.15, -0.1) is 0 Å². The van der Waals surface area contributed by atoms with E-state index in [0.717, 1.165) is 5.56 Å². The minimum Gasteiger partial charge on any atom is -0.481 e. The van der Waals surface area contributed by atoms with E-state index in [9.17, 15) is 4.79 Å². The number of carboxylic acids is 1. The topological polar surface area (TPSA) is 55.8 Å². The van der Waals surface area contributed by atoms with Crippen LogP contribution in [-0.2, 0) is 14.3 Å². The van der Waals surface area contributed by atoms with Crippen LogP contribution in [0.1, 0.15) is 23.8 Å². The van der Waals surface area contributed by atoms with Gasteiger partial charge in [-0.2, -0.15) is 0 Å². The normalized spacial score (nSPS) is 9.82. The van der Waals surface area contributed by atoms with E-state index in [-0.39, 0.29) is 6.42 Å². The van der Waals surface area contributed by atoms with Crippen molar-refractivity contribution in [2.45, 2.75) is 12.7 Å². The van der Waals surface area contributed by atoms with Crippen molar-refractivity contribution in [2.75, 3.05) is 14.2 Å². The van der Waals surface area contributed by atoms with Crippen molar-refractivity contribution in [1.82, 2.24) is 0 Å². The maximum absolute atomic E-state index is 10.4. The van der Waals surface area contributed by atoms with Crippen LogP contribution in [0.3, 0.4) is 0 Å². The third kappa shape index (κ3) is 3.91. The Kier molecular flexibility index (Phi) is 5.21. The fourth-order valence-corrected chi connectivity index (χ4v) is 1.38. The van der Waals surface area contributed by atoms with Crippen LogP contribution in [-0.4, -0.2) is 25.3 Å². The SMILES string of the molecule is COC(OC)c1ccccc1C#CCC(=O)O. The molecule has 0 amide bonds. The molecule has 0 unspecified atom stereocenters. The molecule has 0 spiro atoms. The summed E-state index contributed by atoms with van der Waals surface area (Å²) in [6.45, 7) is 0. The predicted octanol–water partition coefficient (Wildman–Crippen LogP) is 1.80. The predicted molar refractivity (Wildman–Crippen MR) is 62.3 cm³/mol. The van der Waals surface area contributed by atoms with Crippen molar-refractivity contribution in [2.24, 2.45) is 0 Å². The molecule has 0 radical (unpaired) electrons. The number of rotatable bonds is 4.